The summed E-state index contributed by atoms with van der Waals surface area (Å²) in [5, 5.41) is 8.98. The van der Waals surface area contributed by atoms with E-state index in [0.717, 1.165) is 12.2 Å². The second-order valence-corrected chi connectivity index (χ2v) is 5.97. The highest BCUT2D eigenvalue weighted by molar-refractivity contribution is 8.00. The summed E-state index contributed by atoms with van der Waals surface area (Å²) >= 11 is 1.99. The maximum absolute atomic E-state index is 11.7. The van der Waals surface area contributed by atoms with E-state index >= 15 is 0 Å². The second-order valence-electron chi connectivity index (χ2n) is 4.56. The second kappa shape index (κ2) is 5.21. The largest absolute Gasteiger partial charge is 0.465 e. The summed E-state index contributed by atoms with van der Waals surface area (Å²) in [5.74, 6) is 1.77. The molecule has 2 aromatic heterocycles. The van der Waals surface area contributed by atoms with Crippen LogP contribution in [0.25, 0.3) is 5.65 Å². The van der Waals surface area contributed by atoms with Gasteiger partial charge in [0.15, 0.2) is 5.65 Å². The standard InChI is InChI=1S/C13H15N3O2S/c1-18-13(17)10-5-2-6-16-11(14-15-12(10)16)8-9-4-3-7-19-9/h2,5-6,9H,3-4,7-8H2,1H3. The first kappa shape index (κ1) is 12.5. The predicted octanol–water partition coefficient (Wildman–Crippen LogP) is 1.95. The van der Waals surface area contributed by atoms with Crippen LogP contribution in [-0.4, -0.2) is 38.7 Å². The number of hydrogen-bond donors (Lipinski definition) is 0. The van der Waals surface area contributed by atoms with Gasteiger partial charge in [-0.15, -0.1) is 10.2 Å². The summed E-state index contributed by atoms with van der Waals surface area (Å²) in [4.78, 5) is 11.7. The van der Waals surface area contributed by atoms with Gasteiger partial charge in [-0.3, -0.25) is 4.40 Å². The highest BCUT2D eigenvalue weighted by Crippen LogP contribution is 2.28. The maximum Gasteiger partial charge on any atom is 0.341 e. The molecule has 1 aliphatic heterocycles. The van der Waals surface area contributed by atoms with E-state index in [-0.39, 0.29) is 5.97 Å². The van der Waals surface area contributed by atoms with Gasteiger partial charge in [-0.2, -0.15) is 11.8 Å². The van der Waals surface area contributed by atoms with Crippen molar-refractivity contribution in [2.45, 2.75) is 24.5 Å². The number of fused-ring (bicyclic) bond motifs is 1. The lowest BCUT2D eigenvalue weighted by Gasteiger charge is -2.06. The molecular formula is C13H15N3O2S. The maximum atomic E-state index is 11.7. The smallest absolute Gasteiger partial charge is 0.341 e. The number of aromatic nitrogens is 3. The lowest BCUT2D eigenvalue weighted by Crippen LogP contribution is -2.08. The van der Waals surface area contributed by atoms with Gasteiger partial charge in [0.05, 0.1) is 7.11 Å². The lowest BCUT2D eigenvalue weighted by molar-refractivity contribution is 0.0602. The van der Waals surface area contributed by atoms with Crippen molar-refractivity contribution in [3.05, 3.63) is 29.7 Å². The molecule has 2 aromatic rings. The fraction of sp³-hybridized carbons (Fsp3) is 0.462. The molecule has 100 valence electrons. The first-order valence-corrected chi connectivity index (χ1v) is 7.37. The quantitative estimate of drug-likeness (QED) is 0.803. The van der Waals surface area contributed by atoms with E-state index in [2.05, 4.69) is 10.2 Å². The first-order valence-electron chi connectivity index (χ1n) is 6.32. The molecule has 19 heavy (non-hydrogen) atoms. The molecule has 1 unspecified atom stereocenters. The molecule has 5 nitrogen and oxygen atoms in total. The Balaban J connectivity index is 1.96. The number of rotatable bonds is 3. The minimum Gasteiger partial charge on any atom is -0.465 e. The summed E-state index contributed by atoms with van der Waals surface area (Å²) in [6.07, 6.45) is 5.31. The summed E-state index contributed by atoms with van der Waals surface area (Å²) < 4.78 is 6.66. The minimum absolute atomic E-state index is 0.375. The summed E-state index contributed by atoms with van der Waals surface area (Å²) in [5.41, 5.74) is 1.04. The van der Waals surface area contributed by atoms with Crippen molar-refractivity contribution in [1.82, 2.24) is 14.6 Å². The third-order valence-electron chi connectivity index (χ3n) is 3.34. The number of carbonyl (C=O) groups is 1. The number of methoxy groups -OCH3 is 1. The Morgan fingerprint density at radius 3 is 3.21 bits per heavy atom. The summed E-state index contributed by atoms with van der Waals surface area (Å²) in [6, 6.07) is 3.54. The SMILES string of the molecule is COC(=O)c1cccn2c(CC3CCCS3)nnc12. The zero-order chi connectivity index (χ0) is 13.2. The normalized spacial score (nSPS) is 18.9. The zero-order valence-electron chi connectivity index (χ0n) is 10.7. The van der Waals surface area contributed by atoms with Gasteiger partial charge in [-0.1, -0.05) is 0 Å². The summed E-state index contributed by atoms with van der Waals surface area (Å²) in [7, 11) is 1.37. The average Bonchev–Trinajstić information content (AvgIpc) is 3.08. The van der Waals surface area contributed by atoms with Crippen LogP contribution in [-0.2, 0) is 11.2 Å². The van der Waals surface area contributed by atoms with Gasteiger partial charge in [-0.25, -0.2) is 4.79 Å². The van der Waals surface area contributed by atoms with Crippen molar-refractivity contribution in [2.75, 3.05) is 12.9 Å². The van der Waals surface area contributed by atoms with Gasteiger partial charge in [0, 0.05) is 17.9 Å². The van der Waals surface area contributed by atoms with Crippen LogP contribution < -0.4 is 0 Å². The Morgan fingerprint density at radius 1 is 1.58 bits per heavy atom. The highest BCUT2D eigenvalue weighted by atomic mass is 32.2. The molecule has 1 atom stereocenters. The third-order valence-corrected chi connectivity index (χ3v) is 4.74. The van der Waals surface area contributed by atoms with Crippen molar-refractivity contribution in [2.24, 2.45) is 0 Å². The van der Waals surface area contributed by atoms with E-state index in [1.165, 1.54) is 25.7 Å². The fourth-order valence-electron chi connectivity index (χ4n) is 2.38. The molecule has 3 rings (SSSR count). The monoisotopic (exact) mass is 277 g/mol. The molecule has 1 saturated heterocycles. The van der Waals surface area contributed by atoms with E-state index < -0.39 is 0 Å². The molecule has 0 bridgehead atoms. The molecule has 0 spiro atoms. The van der Waals surface area contributed by atoms with E-state index in [0.29, 0.717) is 16.5 Å². The van der Waals surface area contributed by atoms with Crippen molar-refractivity contribution >= 4 is 23.4 Å². The molecule has 0 radical (unpaired) electrons. The van der Waals surface area contributed by atoms with E-state index in [9.17, 15) is 4.79 Å². The van der Waals surface area contributed by atoms with Crippen LogP contribution in [0.5, 0.6) is 0 Å². The van der Waals surface area contributed by atoms with Crippen molar-refractivity contribution < 1.29 is 9.53 Å². The summed E-state index contributed by atoms with van der Waals surface area (Å²) in [6.45, 7) is 0. The number of pyridine rings is 1. The highest BCUT2D eigenvalue weighted by Gasteiger charge is 2.20. The van der Waals surface area contributed by atoms with Crippen LogP contribution in [0.15, 0.2) is 18.3 Å². The molecule has 0 N–H and O–H groups in total. The Hall–Kier alpha value is -1.56. The van der Waals surface area contributed by atoms with E-state index in [4.69, 9.17) is 4.74 Å². The molecule has 0 amide bonds. The van der Waals surface area contributed by atoms with E-state index in [1.807, 2.05) is 28.4 Å². The van der Waals surface area contributed by atoms with E-state index in [1.54, 1.807) is 6.07 Å². The molecule has 6 heteroatoms. The van der Waals surface area contributed by atoms with Crippen LogP contribution in [0.2, 0.25) is 0 Å². The molecule has 3 heterocycles. The van der Waals surface area contributed by atoms with Crippen molar-refractivity contribution in [3.8, 4) is 0 Å². The van der Waals surface area contributed by atoms with Crippen LogP contribution in [0.4, 0.5) is 0 Å². The minimum atomic E-state index is -0.375. The number of nitrogens with zero attached hydrogens (tertiary/aromatic N) is 3. The molecule has 1 aliphatic rings. The first-order chi connectivity index (χ1) is 9.29. The van der Waals surface area contributed by atoms with Gasteiger partial charge in [0.2, 0.25) is 0 Å². The Labute approximate surface area is 115 Å². The Bertz CT molecular complexity index is 605. The van der Waals surface area contributed by atoms with Crippen LogP contribution >= 0.6 is 11.8 Å². The van der Waals surface area contributed by atoms with Crippen LogP contribution in [0.3, 0.4) is 0 Å². The third kappa shape index (κ3) is 2.32. The number of hydrogen-bond acceptors (Lipinski definition) is 5. The Kier molecular flexibility index (Phi) is 3.42. The molecular weight excluding hydrogens is 262 g/mol. The lowest BCUT2D eigenvalue weighted by atomic mass is 10.2. The fourth-order valence-corrected chi connectivity index (χ4v) is 3.65. The molecule has 0 aliphatic carbocycles. The van der Waals surface area contributed by atoms with Crippen molar-refractivity contribution in [3.63, 3.8) is 0 Å². The molecule has 0 aromatic carbocycles. The number of ether oxygens (including phenoxy) is 1. The van der Waals surface area contributed by atoms with Gasteiger partial charge in [-0.05, 0) is 30.7 Å². The van der Waals surface area contributed by atoms with Crippen LogP contribution in [0, 0.1) is 0 Å². The number of carbonyl (C=O) groups excluding carboxylic acids is 1. The Morgan fingerprint density at radius 2 is 2.47 bits per heavy atom. The number of thioether (sulfide) groups is 1. The zero-order valence-corrected chi connectivity index (χ0v) is 11.5. The van der Waals surface area contributed by atoms with Crippen molar-refractivity contribution in [1.29, 1.82) is 0 Å². The topological polar surface area (TPSA) is 56.5 Å². The van der Waals surface area contributed by atoms with Gasteiger partial charge < -0.3 is 4.74 Å². The van der Waals surface area contributed by atoms with Crippen LogP contribution in [0.1, 0.15) is 29.0 Å². The van der Waals surface area contributed by atoms with Gasteiger partial charge in [0.1, 0.15) is 11.4 Å². The van der Waals surface area contributed by atoms with Gasteiger partial charge in [0.25, 0.3) is 0 Å². The number of esters is 1. The van der Waals surface area contributed by atoms with Gasteiger partial charge >= 0.3 is 5.97 Å². The predicted molar refractivity (Wildman–Crippen MR) is 73.5 cm³/mol. The molecule has 1 fully saturated rings. The average molecular weight is 277 g/mol. The molecule has 0 saturated carbocycles.